The molecule has 4 nitrogen and oxygen atoms in total. The third kappa shape index (κ3) is 1.08. The maximum atomic E-state index is 11.2. The van der Waals surface area contributed by atoms with Crippen LogP contribution in [0.25, 0.3) is 0 Å². The minimum Gasteiger partial charge on any atom is -0.385 e. The number of hydrogen-bond acceptors (Lipinski definition) is 4. The van der Waals surface area contributed by atoms with Gasteiger partial charge in [0.05, 0.1) is 0 Å². The van der Waals surface area contributed by atoms with Gasteiger partial charge in [-0.1, -0.05) is 6.92 Å². The molecule has 4 heteroatoms. The van der Waals surface area contributed by atoms with Crippen LogP contribution in [-0.2, 0) is 14.4 Å². The van der Waals surface area contributed by atoms with Gasteiger partial charge in [0.25, 0.3) is 0 Å². The third-order valence-corrected chi connectivity index (χ3v) is 2.19. The summed E-state index contributed by atoms with van der Waals surface area (Å²) in [5.74, 6) is -3.53. The van der Waals surface area contributed by atoms with Gasteiger partial charge in [-0.2, -0.15) is 0 Å². The Morgan fingerprint density at radius 1 is 1.33 bits per heavy atom. The monoisotopic (exact) mass is 170 g/mol. The van der Waals surface area contributed by atoms with Crippen molar-refractivity contribution < 1.29 is 19.5 Å². The van der Waals surface area contributed by atoms with E-state index in [4.69, 9.17) is 5.11 Å². The molecule has 1 N–H and O–H groups in total. The first-order chi connectivity index (χ1) is 5.46. The van der Waals surface area contributed by atoms with E-state index in [0.29, 0.717) is 0 Å². The lowest BCUT2D eigenvalue weighted by Crippen LogP contribution is -2.25. The third-order valence-electron chi connectivity index (χ3n) is 2.19. The predicted molar refractivity (Wildman–Crippen MR) is 39.4 cm³/mol. The van der Waals surface area contributed by atoms with Gasteiger partial charge < -0.3 is 5.11 Å². The second-order valence-corrected chi connectivity index (χ2v) is 3.08. The highest BCUT2D eigenvalue weighted by atomic mass is 16.3. The van der Waals surface area contributed by atoms with Gasteiger partial charge in [-0.25, -0.2) is 0 Å². The Kier molecular flexibility index (Phi) is 2.10. The van der Waals surface area contributed by atoms with Crippen LogP contribution in [0, 0.1) is 11.8 Å². The quantitative estimate of drug-likeness (QED) is 0.530. The van der Waals surface area contributed by atoms with E-state index >= 15 is 0 Å². The van der Waals surface area contributed by atoms with Gasteiger partial charge in [0.2, 0.25) is 0 Å². The highest BCUT2D eigenvalue weighted by molar-refractivity contribution is 6.25. The zero-order valence-corrected chi connectivity index (χ0v) is 6.90. The van der Waals surface area contributed by atoms with E-state index in [1.165, 1.54) is 13.8 Å². The summed E-state index contributed by atoms with van der Waals surface area (Å²) in [6, 6.07) is 0. The Morgan fingerprint density at radius 2 is 1.83 bits per heavy atom. The number of aliphatic hydroxyl groups excluding tert-OH is 1. The molecule has 0 aromatic rings. The van der Waals surface area contributed by atoms with E-state index in [1.54, 1.807) is 0 Å². The van der Waals surface area contributed by atoms with Gasteiger partial charge >= 0.3 is 0 Å². The normalized spacial score (nSPS) is 35.8. The lowest BCUT2D eigenvalue weighted by atomic mass is 10.0. The van der Waals surface area contributed by atoms with Gasteiger partial charge in [-0.15, -0.1) is 0 Å². The molecule has 0 amide bonds. The van der Waals surface area contributed by atoms with Crippen LogP contribution in [0.1, 0.15) is 13.8 Å². The molecule has 1 saturated carbocycles. The van der Waals surface area contributed by atoms with Gasteiger partial charge in [0.1, 0.15) is 17.8 Å². The molecular weight excluding hydrogens is 160 g/mol. The van der Waals surface area contributed by atoms with Crippen LogP contribution in [0.15, 0.2) is 0 Å². The van der Waals surface area contributed by atoms with E-state index < -0.39 is 35.3 Å². The molecule has 0 aliphatic heterocycles. The van der Waals surface area contributed by atoms with Crippen LogP contribution >= 0.6 is 0 Å². The Morgan fingerprint density at radius 3 is 2.00 bits per heavy atom. The topological polar surface area (TPSA) is 71.4 Å². The van der Waals surface area contributed by atoms with Crippen LogP contribution in [0.5, 0.6) is 0 Å². The summed E-state index contributed by atoms with van der Waals surface area (Å²) < 4.78 is 0. The molecule has 0 heterocycles. The predicted octanol–water partition coefficient (Wildman–Crippen LogP) is -0.660. The fourth-order valence-corrected chi connectivity index (χ4v) is 1.38. The number of carbonyl (C=O) groups excluding carboxylic acids is 3. The number of aliphatic hydroxyl groups is 1. The Bertz CT molecular complexity index is 236. The van der Waals surface area contributed by atoms with Gasteiger partial charge in [0, 0.05) is 5.92 Å². The van der Waals surface area contributed by atoms with Crippen LogP contribution in [-0.4, -0.2) is 28.6 Å². The largest absolute Gasteiger partial charge is 0.385 e. The number of rotatable bonds is 1. The van der Waals surface area contributed by atoms with E-state index in [0.717, 1.165) is 0 Å². The molecular formula is C8H10O4. The fraction of sp³-hybridized carbons (Fsp3) is 0.625. The summed E-state index contributed by atoms with van der Waals surface area (Å²) in [4.78, 5) is 33.0. The van der Waals surface area contributed by atoms with Crippen LogP contribution in [0.3, 0.4) is 0 Å². The second kappa shape index (κ2) is 2.79. The minimum atomic E-state index is -1.29. The van der Waals surface area contributed by atoms with E-state index in [9.17, 15) is 14.4 Å². The van der Waals surface area contributed by atoms with Gasteiger partial charge in [0.15, 0.2) is 11.6 Å². The summed E-state index contributed by atoms with van der Waals surface area (Å²) >= 11 is 0. The Labute approximate surface area is 69.6 Å². The molecule has 1 fully saturated rings. The number of carbonyl (C=O) groups is 3. The molecule has 0 saturated heterocycles. The molecule has 0 aromatic heterocycles. The SMILES string of the molecule is CC(=O)C1C(=O)C(C)C(O)C1=O. The van der Waals surface area contributed by atoms with Gasteiger partial charge in [-0.3, -0.25) is 14.4 Å². The van der Waals surface area contributed by atoms with E-state index in [1.807, 2.05) is 0 Å². The second-order valence-electron chi connectivity index (χ2n) is 3.08. The number of Topliss-reactive ketones (excluding diaryl/α,β-unsaturated/α-hetero) is 3. The lowest BCUT2D eigenvalue weighted by molar-refractivity contribution is -0.136. The first-order valence-corrected chi connectivity index (χ1v) is 3.72. The van der Waals surface area contributed by atoms with E-state index in [2.05, 4.69) is 0 Å². The van der Waals surface area contributed by atoms with Crippen molar-refractivity contribution >= 4 is 17.3 Å². The Hall–Kier alpha value is -1.03. The highest BCUT2D eigenvalue weighted by Gasteiger charge is 2.48. The fourth-order valence-electron chi connectivity index (χ4n) is 1.38. The van der Waals surface area contributed by atoms with Crippen molar-refractivity contribution in [3.05, 3.63) is 0 Å². The molecule has 1 rings (SSSR count). The molecule has 0 aromatic carbocycles. The van der Waals surface area contributed by atoms with Crippen molar-refractivity contribution in [2.24, 2.45) is 11.8 Å². The summed E-state index contributed by atoms with van der Waals surface area (Å²) in [6.07, 6.45) is -1.29. The first-order valence-electron chi connectivity index (χ1n) is 3.72. The van der Waals surface area contributed by atoms with Crippen molar-refractivity contribution in [2.75, 3.05) is 0 Å². The van der Waals surface area contributed by atoms with Crippen LogP contribution < -0.4 is 0 Å². The summed E-state index contributed by atoms with van der Waals surface area (Å²) in [5.41, 5.74) is 0. The summed E-state index contributed by atoms with van der Waals surface area (Å²) in [5, 5.41) is 9.13. The first kappa shape index (κ1) is 9.06. The number of hydrogen-bond donors (Lipinski definition) is 1. The smallest absolute Gasteiger partial charge is 0.179 e. The average molecular weight is 170 g/mol. The molecule has 1 aliphatic rings. The van der Waals surface area contributed by atoms with Crippen molar-refractivity contribution in [2.45, 2.75) is 20.0 Å². The van der Waals surface area contributed by atoms with E-state index in [-0.39, 0.29) is 0 Å². The zero-order valence-electron chi connectivity index (χ0n) is 6.90. The average Bonchev–Trinajstić information content (AvgIpc) is 2.16. The molecule has 66 valence electrons. The molecule has 1 aliphatic carbocycles. The summed E-state index contributed by atoms with van der Waals surface area (Å²) in [7, 11) is 0. The maximum absolute atomic E-state index is 11.2. The molecule has 0 bridgehead atoms. The standard InChI is InChI=1S/C8H10O4/c1-3-6(10)5(4(2)9)8(12)7(3)11/h3,5,7,11H,1-2H3. The van der Waals surface area contributed by atoms with Crippen molar-refractivity contribution in [1.82, 2.24) is 0 Å². The van der Waals surface area contributed by atoms with Crippen molar-refractivity contribution in [3.8, 4) is 0 Å². The summed E-state index contributed by atoms with van der Waals surface area (Å²) in [6.45, 7) is 2.64. The maximum Gasteiger partial charge on any atom is 0.179 e. The van der Waals surface area contributed by atoms with Crippen LogP contribution in [0.2, 0.25) is 0 Å². The van der Waals surface area contributed by atoms with Gasteiger partial charge in [-0.05, 0) is 6.92 Å². The Balaban J connectivity index is 2.99. The minimum absolute atomic E-state index is 0.458. The lowest BCUT2D eigenvalue weighted by Gasteiger charge is -2.01. The molecule has 12 heavy (non-hydrogen) atoms. The molecule has 3 unspecified atom stereocenters. The highest BCUT2D eigenvalue weighted by Crippen LogP contribution is 2.24. The molecule has 3 atom stereocenters. The molecule has 0 radical (unpaired) electrons. The zero-order chi connectivity index (χ0) is 9.46. The van der Waals surface area contributed by atoms with Crippen LogP contribution in [0.4, 0.5) is 0 Å². The number of ketones is 3. The molecule has 0 spiro atoms. The van der Waals surface area contributed by atoms with Crippen molar-refractivity contribution in [3.63, 3.8) is 0 Å². The van der Waals surface area contributed by atoms with Crippen molar-refractivity contribution in [1.29, 1.82) is 0 Å².